The van der Waals surface area contributed by atoms with Gasteiger partial charge in [0.1, 0.15) is 42.4 Å². The highest BCUT2D eigenvalue weighted by molar-refractivity contribution is 5.98. The van der Waals surface area contributed by atoms with E-state index in [-0.39, 0.29) is 43.9 Å². The smallest absolute Gasteiger partial charge is 0.331 e. The Hall–Kier alpha value is -5.88. The molecule has 2 aromatic carbocycles. The molecule has 0 aliphatic carbocycles. The van der Waals surface area contributed by atoms with Gasteiger partial charge >= 0.3 is 5.97 Å². The van der Waals surface area contributed by atoms with Gasteiger partial charge in [0.05, 0.1) is 12.7 Å². The Morgan fingerprint density at radius 2 is 1.18 bits per heavy atom. The van der Waals surface area contributed by atoms with E-state index in [0.29, 0.717) is 17.5 Å². The minimum absolute atomic E-state index is 0.0234. The van der Waals surface area contributed by atoms with Crippen LogP contribution >= 0.6 is 0 Å². The molecule has 1 fully saturated rings. The monoisotopic (exact) mass is 908 g/mol. The first-order valence-electron chi connectivity index (χ1n) is 22.5. The number of aliphatic hydroxyl groups excluding tert-OH is 2. The molecule has 1 heterocycles. The van der Waals surface area contributed by atoms with Gasteiger partial charge in [-0.15, -0.1) is 0 Å². The normalized spacial score (nSPS) is 23.8. The summed E-state index contributed by atoms with van der Waals surface area (Å²) in [4.78, 5) is 112. The molecule has 65 heavy (non-hydrogen) atoms. The molecule has 2 aromatic rings. The Morgan fingerprint density at radius 1 is 0.677 bits per heavy atom. The summed E-state index contributed by atoms with van der Waals surface area (Å²) in [6.07, 6.45) is -0.581. The van der Waals surface area contributed by atoms with Crippen LogP contribution in [0.5, 0.6) is 0 Å². The first-order valence-corrected chi connectivity index (χ1v) is 22.5. The molecule has 9 atom stereocenters. The second-order valence-electron chi connectivity index (χ2n) is 17.5. The summed E-state index contributed by atoms with van der Waals surface area (Å²) < 4.78 is 5.63. The molecule has 9 N–H and O–H groups in total. The van der Waals surface area contributed by atoms with Gasteiger partial charge < -0.3 is 52.2 Å². The van der Waals surface area contributed by atoms with Gasteiger partial charge in [0.25, 0.3) is 0 Å². The van der Waals surface area contributed by atoms with Crippen LogP contribution in [0.4, 0.5) is 0 Å². The summed E-state index contributed by atoms with van der Waals surface area (Å²) >= 11 is 0. The molecule has 358 valence electrons. The maximum Gasteiger partial charge on any atom is 0.331 e. The van der Waals surface area contributed by atoms with Crippen molar-refractivity contribution in [2.75, 3.05) is 6.61 Å². The highest BCUT2D eigenvalue weighted by atomic mass is 16.5. The first kappa shape index (κ1) is 53.5. The Bertz CT molecular complexity index is 1900. The lowest BCUT2D eigenvalue weighted by atomic mass is 9.99. The van der Waals surface area contributed by atoms with Crippen LogP contribution in [0.1, 0.15) is 98.1 Å². The third-order valence-corrected chi connectivity index (χ3v) is 10.7. The Kier molecular flexibility index (Phi) is 22.0. The average molecular weight is 908 g/mol. The van der Waals surface area contributed by atoms with Crippen molar-refractivity contribution in [1.82, 2.24) is 37.2 Å². The number of esters is 1. The first-order chi connectivity index (χ1) is 30.8. The molecule has 1 aliphatic heterocycles. The van der Waals surface area contributed by atoms with Gasteiger partial charge in [-0.25, -0.2) is 4.79 Å². The van der Waals surface area contributed by atoms with E-state index in [9.17, 15) is 48.6 Å². The van der Waals surface area contributed by atoms with Crippen molar-refractivity contribution in [1.29, 1.82) is 0 Å². The van der Waals surface area contributed by atoms with Crippen LogP contribution in [0.3, 0.4) is 0 Å². The van der Waals surface area contributed by atoms with Gasteiger partial charge in [0, 0.05) is 19.3 Å². The number of unbranched alkanes of at least 4 members (excludes halogenated alkanes) is 2. The largest absolute Gasteiger partial charge is 0.458 e. The van der Waals surface area contributed by atoms with Gasteiger partial charge in [0.15, 0.2) is 6.04 Å². The van der Waals surface area contributed by atoms with Gasteiger partial charge in [0.2, 0.25) is 41.4 Å². The highest BCUT2D eigenvalue weighted by Gasteiger charge is 2.39. The highest BCUT2D eigenvalue weighted by Crippen LogP contribution is 2.14. The van der Waals surface area contributed by atoms with E-state index in [1.54, 1.807) is 74.5 Å². The Morgan fingerprint density at radius 3 is 1.72 bits per heavy atom. The zero-order valence-corrected chi connectivity index (χ0v) is 38.6. The van der Waals surface area contributed by atoms with E-state index < -0.39 is 108 Å². The van der Waals surface area contributed by atoms with Crippen molar-refractivity contribution in [3.8, 4) is 0 Å². The molecular weight excluding hydrogens is 839 g/mol. The summed E-state index contributed by atoms with van der Waals surface area (Å²) in [5.41, 5.74) is 1.35. The second-order valence-corrected chi connectivity index (χ2v) is 17.5. The van der Waals surface area contributed by atoms with Crippen molar-refractivity contribution < 1.29 is 53.3 Å². The minimum Gasteiger partial charge on any atom is -0.458 e. The number of hydrogen-bond acceptors (Lipinski definition) is 11. The van der Waals surface area contributed by atoms with Crippen LogP contribution in [-0.4, -0.2) is 119 Å². The summed E-state index contributed by atoms with van der Waals surface area (Å²) in [7, 11) is 0. The van der Waals surface area contributed by atoms with Crippen molar-refractivity contribution in [2.24, 2.45) is 11.8 Å². The standard InChI is InChI=1S/C47H69N7O11/c1-8-9-12-21-38(57)48-35(24-31-17-13-10-14-18-31)44(61)54-40-30(7)65-47(64)37(26-55)52-45(62)39(29(6)56)53-43(60)34(23-28(4)5)49-42(59)36(25-32-19-15-11-16-20-32)50-41(58)33(22-27(2)3)51-46(40)63/h10-11,13-20,27-30,33-37,39-40,55-56H,8-9,12,21-26H2,1-7H3,(H,48,57)(H,49,59)(H,50,58)(H,51,63)(H,52,62)(H,53,60)(H,54,61)/t29-,30-,33-,34-,35-,36-,37+,39+,40+/m1/s1. The SMILES string of the molecule is CCCCCC(=O)N[C@H](Cc1ccccc1)C(=O)N[C@@H]1C(=O)N[C@H](CC(C)C)C(=O)N[C@H](Cc2ccccc2)C(=O)N[C@H](CC(C)C)C(=O)N[C@@H]([C@@H](C)O)C(=O)N[C@@H](CO)C(=O)O[C@@H]1C. The van der Waals surface area contributed by atoms with Gasteiger partial charge in [-0.3, -0.25) is 33.6 Å². The molecule has 0 aromatic heterocycles. The lowest BCUT2D eigenvalue weighted by Crippen LogP contribution is -2.62. The van der Waals surface area contributed by atoms with Crippen molar-refractivity contribution >= 4 is 47.3 Å². The quantitative estimate of drug-likeness (QED) is 0.0794. The maximum absolute atomic E-state index is 14.5. The number of rotatable bonds is 17. The van der Waals surface area contributed by atoms with Crippen molar-refractivity contribution in [2.45, 2.75) is 154 Å². The summed E-state index contributed by atoms with van der Waals surface area (Å²) in [5, 5.41) is 39.2. The van der Waals surface area contributed by atoms with Crippen LogP contribution in [0.15, 0.2) is 60.7 Å². The van der Waals surface area contributed by atoms with Gasteiger partial charge in [-0.2, -0.15) is 0 Å². The van der Waals surface area contributed by atoms with E-state index in [1.807, 2.05) is 20.8 Å². The fourth-order valence-electron chi connectivity index (χ4n) is 7.22. The van der Waals surface area contributed by atoms with E-state index in [1.165, 1.54) is 13.8 Å². The molecule has 0 bridgehead atoms. The van der Waals surface area contributed by atoms with E-state index in [0.717, 1.165) is 12.8 Å². The Balaban J connectivity index is 2.15. The van der Waals surface area contributed by atoms with E-state index >= 15 is 0 Å². The number of carbonyl (C=O) groups is 8. The lowest BCUT2D eigenvalue weighted by molar-refractivity contribution is -0.157. The summed E-state index contributed by atoms with van der Waals surface area (Å²) in [6, 6.07) is 7.34. The molecular formula is C47H69N7O11. The average Bonchev–Trinajstić information content (AvgIpc) is 3.25. The van der Waals surface area contributed by atoms with Gasteiger partial charge in [-0.05, 0) is 56.1 Å². The predicted octanol–water partition coefficient (Wildman–Crippen LogP) is 0.856. The molecule has 0 spiro atoms. The number of benzene rings is 2. The van der Waals surface area contributed by atoms with Crippen LogP contribution in [0, 0.1) is 11.8 Å². The van der Waals surface area contributed by atoms with Gasteiger partial charge in [-0.1, -0.05) is 108 Å². The number of carbonyl (C=O) groups excluding carboxylic acids is 8. The fourth-order valence-corrected chi connectivity index (χ4v) is 7.22. The van der Waals surface area contributed by atoms with E-state index in [2.05, 4.69) is 37.2 Å². The third kappa shape index (κ3) is 17.9. The van der Waals surface area contributed by atoms with Crippen LogP contribution in [0.2, 0.25) is 0 Å². The molecule has 7 amide bonds. The van der Waals surface area contributed by atoms with Crippen LogP contribution in [0.25, 0.3) is 0 Å². The molecule has 0 unspecified atom stereocenters. The molecule has 18 nitrogen and oxygen atoms in total. The zero-order valence-electron chi connectivity index (χ0n) is 38.6. The number of aliphatic hydroxyl groups is 2. The molecule has 3 rings (SSSR count). The van der Waals surface area contributed by atoms with E-state index in [4.69, 9.17) is 4.74 Å². The number of nitrogens with one attached hydrogen (secondary N) is 7. The maximum atomic E-state index is 14.5. The molecule has 1 aliphatic rings. The third-order valence-electron chi connectivity index (χ3n) is 10.7. The summed E-state index contributed by atoms with van der Waals surface area (Å²) in [5.74, 6) is -7.27. The lowest BCUT2D eigenvalue weighted by Gasteiger charge is -2.30. The minimum atomic E-state index is -1.79. The molecule has 18 heteroatoms. The van der Waals surface area contributed by atoms with Crippen LogP contribution in [-0.2, 0) is 55.9 Å². The van der Waals surface area contributed by atoms with Crippen molar-refractivity contribution in [3.05, 3.63) is 71.8 Å². The number of hydrogen-bond donors (Lipinski definition) is 9. The second kappa shape index (κ2) is 26.8. The molecule has 0 radical (unpaired) electrons. The number of ether oxygens (including phenoxy) is 1. The van der Waals surface area contributed by atoms with Crippen LogP contribution < -0.4 is 37.2 Å². The Labute approximate surface area is 381 Å². The fraction of sp³-hybridized carbons (Fsp3) is 0.574. The zero-order chi connectivity index (χ0) is 48.2. The molecule has 0 saturated carbocycles. The topological polar surface area (TPSA) is 270 Å². The number of amides is 7. The van der Waals surface area contributed by atoms with Crippen molar-refractivity contribution in [3.63, 3.8) is 0 Å². The predicted molar refractivity (Wildman–Crippen MR) is 241 cm³/mol. The molecule has 1 saturated heterocycles. The number of cyclic esters (lactones) is 1. The summed E-state index contributed by atoms with van der Waals surface area (Å²) in [6.45, 7) is 10.7.